The number of piperidine rings is 1. The summed E-state index contributed by atoms with van der Waals surface area (Å²) in [4.78, 5) is 13.9. The minimum Gasteiger partial charge on any atom is -0.497 e. The maximum Gasteiger partial charge on any atom is 0.343 e. The Morgan fingerprint density at radius 1 is 1.23 bits per heavy atom. The van der Waals surface area contributed by atoms with Crippen molar-refractivity contribution in [3.05, 3.63) is 29.8 Å². The summed E-state index contributed by atoms with van der Waals surface area (Å²) in [6.45, 7) is 2.26. The third-order valence-electron chi connectivity index (χ3n) is 5.40. The van der Waals surface area contributed by atoms with Crippen LogP contribution < -0.4 is 9.64 Å². The molecule has 138 valence electrons. The van der Waals surface area contributed by atoms with Gasteiger partial charge in [0.2, 0.25) is 0 Å². The molecule has 0 saturated carbocycles. The molecule has 0 radical (unpaired) electrons. The minimum atomic E-state index is -1.04. The largest absolute Gasteiger partial charge is 0.497 e. The number of carboxylic acid groups (broad SMARTS) is 1. The summed E-state index contributed by atoms with van der Waals surface area (Å²) in [5.41, 5.74) is 0.746. The SMILES string of the molecule is COc1ccc(-c2onc(N3CCC4(CCCO4)CC3)c2C(=O)O)cc1. The van der Waals surface area contributed by atoms with Gasteiger partial charge < -0.3 is 24.0 Å². The summed E-state index contributed by atoms with van der Waals surface area (Å²) in [6, 6.07) is 7.08. The van der Waals surface area contributed by atoms with Gasteiger partial charge in [-0.25, -0.2) is 4.79 Å². The lowest BCUT2D eigenvalue weighted by Crippen LogP contribution is -2.44. The number of hydrogen-bond acceptors (Lipinski definition) is 6. The molecule has 0 amide bonds. The van der Waals surface area contributed by atoms with Crippen molar-refractivity contribution in [3.63, 3.8) is 0 Å². The van der Waals surface area contributed by atoms with E-state index in [9.17, 15) is 9.90 Å². The highest BCUT2D eigenvalue weighted by Crippen LogP contribution is 2.39. The Hall–Kier alpha value is -2.54. The monoisotopic (exact) mass is 358 g/mol. The Morgan fingerprint density at radius 3 is 2.54 bits per heavy atom. The number of methoxy groups -OCH3 is 1. The van der Waals surface area contributed by atoms with Crippen molar-refractivity contribution in [2.45, 2.75) is 31.3 Å². The van der Waals surface area contributed by atoms with Gasteiger partial charge >= 0.3 is 5.97 Å². The third kappa shape index (κ3) is 2.92. The Balaban J connectivity index is 1.61. The molecule has 0 bridgehead atoms. The lowest BCUT2D eigenvalue weighted by atomic mass is 9.88. The molecule has 2 aliphatic rings. The molecule has 2 aliphatic heterocycles. The lowest BCUT2D eigenvalue weighted by molar-refractivity contribution is -0.0147. The summed E-state index contributed by atoms with van der Waals surface area (Å²) < 4.78 is 16.5. The summed E-state index contributed by atoms with van der Waals surface area (Å²) in [5, 5.41) is 13.9. The normalized spacial score (nSPS) is 19.0. The number of hydrogen-bond donors (Lipinski definition) is 1. The van der Waals surface area contributed by atoms with Gasteiger partial charge in [0.05, 0.1) is 12.7 Å². The molecule has 26 heavy (non-hydrogen) atoms. The van der Waals surface area contributed by atoms with Crippen molar-refractivity contribution >= 4 is 11.8 Å². The fourth-order valence-corrected chi connectivity index (χ4v) is 3.91. The second-order valence-electron chi connectivity index (χ2n) is 6.87. The van der Waals surface area contributed by atoms with E-state index in [1.54, 1.807) is 31.4 Å². The van der Waals surface area contributed by atoms with Crippen LogP contribution in [0.2, 0.25) is 0 Å². The van der Waals surface area contributed by atoms with Crippen LogP contribution in [0.3, 0.4) is 0 Å². The van der Waals surface area contributed by atoms with Gasteiger partial charge in [-0.05, 0) is 49.9 Å². The molecule has 0 atom stereocenters. The molecule has 4 rings (SSSR count). The molecule has 1 N–H and O–H groups in total. The minimum absolute atomic E-state index is 0.0254. The van der Waals surface area contributed by atoms with Crippen molar-refractivity contribution < 1.29 is 23.9 Å². The fourth-order valence-electron chi connectivity index (χ4n) is 3.91. The van der Waals surface area contributed by atoms with Crippen LogP contribution in [0, 0.1) is 0 Å². The molecule has 1 spiro atoms. The average molecular weight is 358 g/mol. The summed E-state index contributed by atoms with van der Waals surface area (Å²) in [7, 11) is 1.58. The molecule has 2 fully saturated rings. The molecule has 2 aromatic rings. The average Bonchev–Trinajstić information content (AvgIpc) is 3.30. The van der Waals surface area contributed by atoms with E-state index in [-0.39, 0.29) is 16.9 Å². The van der Waals surface area contributed by atoms with Gasteiger partial charge in [0, 0.05) is 25.3 Å². The Labute approximate surface area is 151 Å². The number of ether oxygens (including phenoxy) is 2. The lowest BCUT2D eigenvalue weighted by Gasteiger charge is -2.38. The van der Waals surface area contributed by atoms with Crippen LogP contribution in [-0.4, -0.2) is 48.6 Å². The van der Waals surface area contributed by atoms with Crippen molar-refractivity contribution in [2.75, 3.05) is 31.7 Å². The van der Waals surface area contributed by atoms with E-state index < -0.39 is 5.97 Å². The highest BCUT2D eigenvalue weighted by Gasteiger charge is 2.40. The van der Waals surface area contributed by atoms with Gasteiger partial charge in [0.25, 0.3) is 0 Å². The number of aromatic nitrogens is 1. The maximum absolute atomic E-state index is 11.9. The molecule has 1 aromatic heterocycles. The number of carbonyl (C=O) groups is 1. The topological polar surface area (TPSA) is 85.0 Å². The van der Waals surface area contributed by atoms with Gasteiger partial charge in [0.15, 0.2) is 17.1 Å². The second kappa shape index (κ2) is 6.64. The molecular weight excluding hydrogens is 336 g/mol. The first-order valence-corrected chi connectivity index (χ1v) is 8.88. The predicted molar refractivity (Wildman–Crippen MR) is 94.8 cm³/mol. The summed E-state index contributed by atoms with van der Waals surface area (Å²) in [6.07, 6.45) is 3.96. The quantitative estimate of drug-likeness (QED) is 0.898. The standard InChI is InChI=1S/C19H22N2O5/c1-24-14-5-3-13(4-6-14)16-15(18(22)23)17(20-26-16)21-10-8-19(9-11-21)7-2-12-25-19/h3-6H,2,7-12H2,1H3,(H,22,23). The smallest absolute Gasteiger partial charge is 0.343 e. The molecule has 7 nitrogen and oxygen atoms in total. The van der Waals surface area contributed by atoms with Crippen molar-refractivity contribution in [3.8, 4) is 17.1 Å². The van der Waals surface area contributed by atoms with Crippen molar-refractivity contribution in [1.29, 1.82) is 0 Å². The van der Waals surface area contributed by atoms with Crippen molar-refractivity contribution in [1.82, 2.24) is 5.16 Å². The van der Waals surface area contributed by atoms with Crippen LogP contribution in [0.15, 0.2) is 28.8 Å². The van der Waals surface area contributed by atoms with E-state index in [1.165, 1.54) is 0 Å². The van der Waals surface area contributed by atoms with Gasteiger partial charge in [-0.1, -0.05) is 5.16 Å². The number of rotatable bonds is 4. The van der Waals surface area contributed by atoms with Crippen LogP contribution in [0.1, 0.15) is 36.0 Å². The molecule has 2 saturated heterocycles. The van der Waals surface area contributed by atoms with E-state index in [2.05, 4.69) is 5.16 Å². The molecule has 0 aliphatic carbocycles. The van der Waals surface area contributed by atoms with Gasteiger partial charge in [-0.2, -0.15) is 0 Å². The Kier molecular flexibility index (Phi) is 4.32. The van der Waals surface area contributed by atoms with Crippen LogP contribution in [0.5, 0.6) is 5.75 Å². The number of benzene rings is 1. The molecule has 7 heteroatoms. The zero-order valence-corrected chi connectivity index (χ0v) is 14.7. The maximum atomic E-state index is 11.9. The first-order chi connectivity index (χ1) is 12.6. The van der Waals surface area contributed by atoms with E-state index in [0.717, 1.165) is 45.4 Å². The Morgan fingerprint density at radius 2 is 1.96 bits per heavy atom. The predicted octanol–water partition coefficient (Wildman–Crippen LogP) is 3.20. The highest BCUT2D eigenvalue weighted by molar-refractivity contribution is 5.99. The Bertz CT molecular complexity index is 783. The van der Waals surface area contributed by atoms with Crippen LogP contribution in [-0.2, 0) is 4.74 Å². The number of anilines is 1. The third-order valence-corrected chi connectivity index (χ3v) is 5.40. The van der Waals surface area contributed by atoms with Crippen molar-refractivity contribution in [2.24, 2.45) is 0 Å². The molecule has 0 unspecified atom stereocenters. The highest BCUT2D eigenvalue weighted by atomic mass is 16.5. The van der Waals surface area contributed by atoms with E-state index >= 15 is 0 Å². The van der Waals surface area contributed by atoms with Gasteiger partial charge in [0.1, 0.15) is 5.75 Å². The first kappa shape index (κ1) is 16.9. The van der Waals surface area contributed by atoms with Crippen LogP contribution in [0.25, 0.3) is 11.3 Å². The van der Waals surface area contributed by atoms with Crippen LogP contribution >= 0.6 is 0 Å². The van der Waals surface area contributed by atoms with Gasteiger partial charge in [-0.15, -0.1) is 0 Å². The molecule has 1 aromatic carbocycles. The zero-order valence-electron chi connectivity index (χ0n) is 14.7. The first-order valence-electron chi connectivity index (χ1n) is 8.88. The number of aromatic carboxylic acids is 1. The van der Waals surface area contributed by atoms with E-state index in [1.807, 2.05) is 4.90 Å². The summed E-state index contributed by atoms with van der Waals surface area (Å²) in [5.74, 6) is 0.330. The van der Waals surface area contributed by atoms with E-state index in [0.29, 0.717) is 17.1 Å². The molecule has 3 heterocycles. The second-order valence-corrected chi connectivity index (χ2v) is 6.87. The van der Waals surface area contributed by atoms with E-state index in [4.69, 9.17) is 14.0 Å². The van der Waals surface area contributed by atoms with Gasteiger partial charge in [-0.3, -0.25) is 0 Å². The fraction of sp³-hybridized carbons (Fsp3) is 0.474. The zero-order chi connectivity index (χ0) is 18.1. The molecular formula is C19H22N2O5. The number of carboxylic acids is 1. The summed E-state index contributed by atoms with van der Waals surface area (Å²) >= 11 is 0. The number of nitrogens with zero attached hydrogens (tertiary/aromatic N) is 2. The van der Waals surface area contributed by atoms with Crippen LogP contribution in [0.4, 0.5) is 5.82 Å².